The molecule has 0 amide bonds. The molecule has 1 heterocycles. The van der Waals surface area contributed by atoms with Gasteiger partial charge in [-0.25, -0.2) is 9.38 Å². The van der Waals surface area contributed by atoms with Crippen molar-refractivity contribution in [3.05, 3.63) is 58.4 Å². The topological polar surface area (TPSA) is 65.0 Å². The van der Waals surface area contributed by atoms with Crippen molar-refractivity contribution in [3.63, 3.8) is 0 Å². The first-order valence-electron chi connectivity index (χ1n) is 8.81. The number of rotatable bonds is 5. The molecule has 162 valence electrons. The van der Waals surface area contributed by atoms with Crippen LogP contribution in [0.25, 0.3) is 0 Å². The highest BCUT2D eigenvalue weighted by molar-refractivity contribution is 7.88. The molecule has 0 saturated carbocycles. The lowest BCUT2D eigenvalue weighted by Gasteiger charge is -2.35. The summed E-state index contributed by atoms with van der Waals surface area (Å²) in [5.41, 5.74) is -5.59. The van der Waals surface area contributed by atoms with E-state index in [1.165, 1.54) is 24.3 Å². The number of hydrogen-bond donors (Lipinski definition) is 0. The van der Waals surface area contributed by atoms with Gasteiger partial charge in [0.2, 0.25) is 0 Å². The standard InChI is InChI=1S/C19H16ClF4NO4S/c1-3-18(4-2)25-17(11-5-7-12(21)8-6-11)16-14(20)9-13(10-15(16)28-18)29-30(26,27)19(22,23)24/h5-10H,3-4H2,1-2H3. The molecule has 0 unspecified atom stereocenters. The van der Waals surface area contributed by atoms with Crippen molar-refractivity contribution < 1.29 is 34.9 Å². The molecule has 0 fully saturated rings. The van der Waals surface area contributed by atoms with Gasteiger partial charge in [0.15, 0.2) is 5.72 Å². The highest BCUT2D eigenvalue weighted by Crippen LogP contribution is 2.42. The van der Waals surface area contributed by atoms with Crippen LogP contribution in [0.15, 0.2) is 41.4 Å². The van der Waals surface area contributed by atoms with E-state index < -0.39 is 32.9 Å². The van der Waals surface area contributed by atoms with Crippen LogP contribution in [-0.2, 0) is 10.1 Å². The summed E-state index contributed by atoms with van der Waals surface area (Å²) in [7, 11) is -5.89. The lowest BCUT2D eigenvalue weighted by atomic mass is 9.96. The molecular weight excluding hydrogens is 450 g/mol. The molecule has 2 aromatic carbocycles. The number of fused-ring (bicyclic) bond motifs is 1. The Morgan fingerprint density at radius 3 is 2.27 bits per heavy atom. The summed E-state index contributed by atoms with van der Waals surface area (Å²) < 4.78 is 84.3. The Bertz CT molecular complexity index is 1090. The second-order valence-electron chi connectivity index (χ2n) is 6.48. The van der Waals surface area contributed by atoms with Crippen LogP contribution in [0.3, 0.4) is 0 Å². The summed E-state index contributed by atoms with van der Waals surface area (Å²) >= 11 is 6.25. The molecule has 0 bridgehead atoms. The molecule has 0 N–H and O–H groups in total. The van der Waals surface area contributed by atoms with E-state index in [0.717, 1.165) is 12.1 Å². The number of benzene rings is 2. The zero-order chi connectivity index (χ0) is 22.3. The number of ether oxygens (including phenoxy) is 1. The van der Waals surface area contributed by atoms with Crippen molar-refractivity contribution in [2.75, 3.05) is 0 Å². The molecule has 0 saturated heterocycles. The van der Waals surface area contributed by atoms with Gasteiger partial charge in [0.1, 0.15) is 17.3 Å². The maximum absolute atomic E-state index is 13.4. The third-order valence-electron chi connectivity index (χ3n) is 4.59. The molecule has 0 aliphatic carbocycles. The van der Waals surface area contributed by atoms with Crippen LogP contribution < -0.4 is 8.92 Å². The van der Waals surface area contributed by atoms with Gasteiger partial charge >= 0.3 is 15.6 Å². The van der Waals surface area contributed by atoms with Crippen LogP contribution in [0.2, 0.25) is 5.02 Å². The first-order chi connectivity index (χ1) is 13.9. The summed E-state index contributed by atoms with van der Waals surface area (Å²) in [6, 6.07) is 7.36. The first-order valence-corrected chi connectivity index (χ1v) is 10.6. The number of hydrogen-bond acceptors (Lipinski definition) is 5. The van der Waals surface area contributed by atoms with Crippen LogP contribution in [0.1, 0.15) is 37.8 Å². The molecule has 30 heavy (non-hydrogen) atoms. The average molecular weight is 466 g/mol. The molecule has 0 spiro atoms. The van der Waals surface area contributed by atoms with Crippen LogP contribution in [0.4, 0.5) is 17.6 Å². The monoisotopic (exact) mass is 465 g/mol. The van der Waals surface area contributed by atoms with E-state index in [9.17, 15) is 26.0 Å². The van der Waals surface area contributed by atoms with Crippen molar-refractivity contribution >= 4 is 27.4 Å². The Kier molecular flexibility index (Phi) is 5.76. The van der Waals surface area contributed by atoms with Gasteiger partial charge in [-0.05, 0) is 24.3 Å². The fourth-order valence-corrected chi connectivity index (χ4v) is 3.68. The minimum atomic E-state index is -5.89. The molecule has 2 aromatic rings. The van der Waals surface area contributed by atoms with Gasteiger partial charge in [-0.15, -0.1) is 0 Å². The van der Waals surface area contributed by atoms with Gasteiger partial charge in [-0.2, -0.15) is 21.6 Å². The lowest BCUT2D eigenvalue weighted by Crippen LogP contribution is -2.37. The zero-order valence-electron chi connectivity index (χ0n) is 15.8. The van der Waals surface area contributed by atoms with Gasteiger partial charge < -0.3 is 8.92 Å². The second kappa shape index (κ2) is 7.73. The molecule has 3 rings (SSSR count). The molecule has 5 nitrogen and oxygen atoms in total. The lowest BCUT2D eigenvalue weighted by molar-refractivity contribution is -0.0500. The number of aliphatic imine (C=N–C) groups is 1. The fourth-order valence-electron chi connectivity index (χ4n) is 2.95. The highest BCUT2D eigenvalue weighted by Gasteiger charge is 2.49. The fraction of sp³-hybridized carbons (Fsp3) is 0.316. The summed E-state index contributed by atoms with van der Waals surface area (Å²) in [4.78, 5) is 4.64. The van der Waals surface area contributed by atoms with E-state index in [-0.39, 0.29) is 16.3 Å². The Balaban J connectivity index is 2.17. The molecule has 0 aromatic heterocycles. The van der Waals surface area contributed by atoms with E-state index in [0.29, 0.717) is 24.1 Å². The minimum absolute atomic E-state index is 0.00731. The van der Waals surface area contributed by atoms with E-state index >= 15 is 0 Å². The molecule has 1 aliphatic rings. The summed E-state index contributed by atoms with van der Waals surface area (Å²) in [6.07, 6.45) is 0.800. The van der Waals surface area contributed by atoms with Gasteiger partial charge in [0, 0.05) is 30.5 Å². The maximum atomic E-state index is 13.4. The van der Waals surface area contributed by atoms with E-state index in [1.807, 2.05) is 0 Å². The number of nitrogens with zero attached hydrogens (tertiary/aromatic N) is 1. The Labute approximate surface area is 175 Å². The van der Waals surface area contributed by atoms with Crippen LogP contribution in [-0.4, -0.2) is 25.4 Å². The summed E-state index contributed by atoms with van der Waals surface area (Å²) in [5.74, 6) is -1.11. The van der Waals surface area contributed by atoms with Crippen molar-refractivity contribution in [3.8, 4) is 11.5 Å². The molecule has 0 radical (unpaired) electrons. The van der Waals surface area contributed by atoms with E-state index in [4.69, 9.17) is 16.3 Å². The SMILES string of the molecule is CCC1(CC)N=C(c2ccc(F)cc2)c2c(Cl)cc(OS(=O)(=O)C(F)(F)F)cc2O1. The number of halogens is 5. The van der Waals surface area contributed by atoms with E-state index in [2.05, 4.69) is 9.18 Å². The normalized spacial score (nSPS) is 15.8. The van der Waals surface area contributed by atoms with Crippen molar-refractivity contribution in [1.82, 2.24) is 0 Å². The molecule has 0 atom stereocenters. The van der Waals surface area contributed by atoms with E-state index in [1.54, 1.807) is 13.8 Å². The van der Waals surface area contributed by atoms with Crippen LogP contribution in [0, 0.1) is 5.82 Å². The maximum Gasteiger partial charge on any atom is 0.534 e. The second-order valence-corrected chi connectivity index (χ2v) is 8.43. The van der Waals surface area contributed by atoms with Crippen LogP contribution in [0.5, 0.6) is 11.5 Å². The Hall–Kier alpha value is -2.33. The van der Waals surface area contributed by atoms with Gasteiger partial charge in [0.05, 0.1) is 16.3 Å². The van der Waals surface area contributed by atoms with Crippen molar-refractivity contribution in [2.24, 2.45) is 4.99 Å². The van der Waals surface area contributed by atoms with Gasteiger partial charge in [0.25, 0.3) is 0 Å². The molecular formula is C19H16ClF4NO4S. The van der Waals surface area contributed by atoms with Crippen LogP contribution >= 0.6 is 11.6 Å². The quantitative estimate of drug-likeness (QED) is 0.334. The molecule has 11 heteroatoms. The summed E-state index contributed by atoms with van der Waals surface area (Å²) in [5, 5.41) is -0.135. The first kappa shape index (κ1) is 22.4. The van der Waals surface area contributed by atoms with Gasteiger partial charge in [-0.3, -0.25) is 0 Å². The van der Waals surface area contributed by atoms with Crippen molar-refractivity contribution in [1.29, 1.82) is 0 Å². The van der Waals surface area contributed by atoms with Gasteiger partial charge in [-0.1, -0.05) is 25.4 Å². The Morgan fingerprint density at radius 1 is 1.13 bits per heavy atom. The highest BCUT2D eigenvalue weighted by atomic mass is 35.5. The van der Waals surface area contributed by atoms with Crippen molar-refractivity contribution in [2.45, 2.75) is 37.9 Å². The average Bonchev–Trinajstić information content (AvgIpc) is 2.66. The largest absolute Gasteiger partial charge is 0.534 e. The predicted molar refractivity (Wildman–Crippen MR) is 103 cm³/mol. The summed E-state index contributed by atoms with van der Waals surface area (Å²) in [6.45, 7) is 3.60. The zero-order valence-corrected chi connectivity index (χ0v) is 17.3. The molecule has 1 aliphatic heterocycles. The Morgan fingerprint density at radius 2 is 1.73 bits per heavy atom. The minimum Gasteiger partial charge on any atom is -0.465 e. The third-order valence-corrected chi connectivity index (χ3v) is 5.87. The smallest absolute Gasteiger partial charge is 0.465 e. The predicted octanol–water partition coefficient (Wildman–Crippen LogP) is 5.45. The number of alkyl halides is 3. The third kappa shape index (κ3) is 4.11.